The molecule has 29 heavy (non-hydrogen) atoms. The summed E-state index contributed by atoms with van der Waals surface area (Å²) < 4.78 is 0. The van der Waals surface area contributed by atoms with Gasteiger partial charge in [-0.1, -0.05) is 0 Å². The molecule has 0 heterocycles. The van der Waals surface area contributed by atoms with Crippen molar-refractivity contribution in [2.45, 2.75) is 6.42 Å². The Labute approximate surface area is 172 Å². The first kappa shape index (κ1) is 26.7. The lowest BCUT2D eigenvalue weighted by atomic mass is 10.3. The van der Waals surface area contributed by atoms with Crippen molar-refractivity contribution in [3.63, 3.8) is 0 Å². The Morgan fingerprint density at radius 2 is 1.03 bits per heavy atom. The second kappa shape index (κ2) is 19.1. The van der Waals surface area contributed by atoms with Crippen LogP contribution in [0.1, 0.15) is 6.42 Å². The molecule has 0 saturated carbocycles. The van der Waals surface area contributed by atoms with Crippen LogP contribution in [0.25, 0.3) is 0 Å². The minimum atomic E-state index is -0.361. The summed E-state index contributed by atoms with van der Waals surface area (Å²) in [6.45, 7) is 6.47. The molecule has 0 radical (unpaired) electrons. The molecule has 168 valence electrons. The second-order valence-corrected chi connectivity index (χ2v) is 6.28. The van der Waals surface area contributed by atoms with Gasteiger partial charge in [0.25, 0.3) is 0 Å². The fourth-order valence-electron chi connectivity index (χ4n) is 2.58. The molecule has 12 heteroatoms. The summed E-state index contributed by atoms with van der Waals surface area (Å²) in [6.07, 6.45) is 0.994. The first-order chi connectivity index (χ1) is 14.1. The van der Waals surface area contributed by atoms with E-state index in [0.29, 0.717) is 91.4 Å². The number of nitrogens with one attached hydrogen (secondary N) is 4. The molecule has 0 saturated heterocycles. The Hall–Kier alpha value is -2.28. The lowest BCUT2D eigenvalue weighted by molar-refractivity contribution is -0.129. The van der Waals surface area contributed by atoms with E-state index in [1.807, 2.05) is 9.80 Å². The van der Waals surface area contributed by atoms with Crippen molar-refractivity contribution < 1.29 is 19.2 Å². The topological polar surface area (TPSA) is 175 Å². The molecule has 0 fully saturated rings. The smallest absolute Gasteiger partial charge is 0.229 e. The number of hydrogen-bond acceptors (Lipinski definition) is 8. The van der Waals surface area contributed by atoms with Crippen molar-refractivity contribution in [3.05, 3.63) is 0 Å². The molecule has 0 aromatic rings. The largest absolute Gasteiger partial charge is 0.357 e. The van der Waals surface area contributed by atoms with Gasteiger partial charge in [-0.05, 0) is 0 Å². The molecule has 0 bridgehead atoms. The fourth-order valence-corrected chi connectivity index (χ4v) is 2.58. The predicted octanol–water partition coefficient (Wildman–Crippen LogP) is -4.38. The molecule has 0 unspecified atom stereocenters. The van der Waals surface area contributed by atoms with Crippen LogP contribution >= 0.6 is 0 Å². The number of carbonyl (C=O) groups excluding carboxylic acids is 4. The maximum Gasteiger partial charge on any atom is 0.229 e. The highest BCUT2D eigenvalue weighted by atomic mass is 16.2. The Kier molecular flexibility index (Phi) is 17.6. The summed E-state index contributed by atoms with van der Waals surface area (Å²) in [5.74, 6) is -0.703. The van der Waals surface area contributed by atoms with Gasteiger partial charge in [0.15, 0.2) is 0 Å². The number of hydrogen-bond donors (Lipinski definition) is 6. The van der Waals surface area contributed by atoms with Gasteiger partial charge in [0.05, 0.1) is 0 Å². The van der Waals surface area contributed by atoms with E-state index in [2.05, 4.69) is 21.3 Å². The van der Waals surface area contributed by atoms with Crippen molar-refractivity contribution in [3.8, 4) is 0 Å². The van der Waals surface area contributed by atoms with E-state index < -0.39 is 0 Å². The molecule has 0 spiro atoms. The molecule has 0 aromatic heterocycles. The Morgan fingerprint density at radius 1 is 0.655 bits per heavy atom. The third-order valence-corrected chi connectivity index (χ3v) is 4.02. The minimum Gasteiger partial charge on any atom is -0.357 e. The molecule has 0 aliphatic heterocycles. The quantitative estimate of drug-likeness (QED) is 0.0655. The summed E-state index contributed by atoms with van der Waals surface area (Å²) in [6, 6.07) is 0. The predicted molar refractivity (Wildman–Crippen MR) is 110 cm³/mol. The highest BCUT2D eigenvalue weighted by molar-refractivity contribution is 5.96. The van der Waals surface area contributed by atoms with Gasteiger partial charge in [-0.2, -0.15) is 0 Å². The van der Waals surface area contributed by atoms with E-state index in [1.165, 1.54) is 0 Å². The average molecular weight is 417 g/mol. The normalized spacial score (nSPS) is 10.6. The summed E-state index contributed by atoms with van der Waals surface area (Å²) in [7, 11) is 0. The van der Waals surface area contributed by atoms with Crippen molar-refractivity contribution in [1.29, 1.82) is 0 Å². The Bertz CT molecular complexity index is 447. The van der Waals surface area contributed by atoms with Crippen molar-refractivity contribution in [2.24, 2.45) is 11.5 Å². The van der Waals surface area contributed by atoms with Gasteiger partial charge in [-0.15, -0.1) is 0 Å². The molecule has 0 aliphatic carbocycles. The number of amides is 4. The maximum atomic E-state index is 11.9. The van der Waals surface area contributed by atoms with E-state index in [9.17, 15) is 19.2 Å². The standard InChI is InChI=1S/C17H36N8O4/c18-1-7-24(8-2-19)11-5-22-16(28)13-17(29)23-6-12-25(9-3-20-14-26)10-4-21-15-27/h14-15H,1-13,18-19H2,(H,20,26)(H,21,27)(H,22,28)(H,23,29). The summed E-state index contributed by atoms with van der Waals surface area (Å²) in [5, 5.41) is 10.5. The van der Waals surface area contributed by atoms with Crippen LogP contribution in [0.4, 0.5) is 0 Å². The third kappa shape index (κ3) is 16.4. The summed E-state index contributed by atoms with van der Waals surface area (Å²) in [4.78, 5) is 48.5. The van der Waals surface area contributed by atoms with Crippen molar-refractivity contribution >= 4 is 24.6 Å². The van der Waals surface area contributed by atoms with E-state index in [0.717, 1.165) is 0 Å². The molecule has 8 N–H and O–H groups in total. The summed E-state index contributed by atoms with van der Waals surface area (Å²) >= 11 is 0. The van der Waals surface area contributed by atoms with Gasteiger partial charge >= 0.3 is 0 Å². The van der Waals surface area contributed by atoms with Crippen LogP contribution in [-0.4, -0.2) is 113 Å². The zero-order valence-corrected chi connectivity index (χ0v) is 17.0. The monoisotopic (exact) mass is 416 g/mol. The molecule has 0 rings (SSSR count). The first-order valence-electron chi connectivity index (χ1n) is 9.79. The molecule has 0 atom stereocenters. The minimum absolute atomic E-state index is 0.243. The number of nitrogens with zero attached hydrogens (tertiary/aromatic N) is 2. The fraction of sp³-hybridized carbons (Fsp3) is 0.765. The van der Waals surface area contributed by atoms with E-state index in [1.54, 1.807) is 0 Å². The molecule has 4 amide bonds. The van der Waals surface area contributed by atoms with Crippen LogP contribution in [0.5, 0.6) is 0 Å². The van der Waals surface area contributed by atoms with Crippen molar-refractivity contribution in [2.75, 3.05) is 78.5 Å². The van der Waals surface area contributed by atoms with Crippen LogP contribution in [0.15, 0.2) is 0 Å². The maximum absolute atomic E-state index is 11.9. The van der Waals surface area contributed by atoms with Crippen LogP contribution in [-0.2, 0) is 19.2 Å². The van der Waals surface area contributed by atoms with Gasteiger partial charge in [-0.25, -0.2) is 0 Å². The lowest BCUT2D eigenvalue weighted by Gasteiger charge is -2.22. The second-order valence-electron chi connectivity index (χ2n) is 6.28. The zero-order chi connectivity index (χ0) is 21.7. The molecular formula is C17H36N8O4. The van der Waals surface area contributed by atoms with E-state index in [-0.39, 0.29) is 18.2 Å². The van der Waals surface area contributed by atoms with Crippen LogP contribution in [0.3, 0.4) is 0 Å². The van der Waals surface area contributed by atoms with Crippen molar-refractivity contribution in [1.82, 2.24) is 31.1 Å². The molecule has 0 aliphatic rings. The molecule has 0 aromatic carbocycles. The van der Waals surface area contributed by atoms with E-state index in [4.69, 9.17) is 11.5 Å². The van der Waals surface area contributed by atoms with Gasteiger partial charge in [0.2, 0.25) is 24.6 Å². The van der Waals surface area contributed by atoms with Crippen LogP contribution < -0.4 is 32.7 Å². The van der Waals surface area contributed by atoms with Gasteiger partial charge in [-0.3, -0.25) is 29.0 Å². The number of nitrogens with two attached hydrogens (primary N) is 2. The van der Waals surface area contributed by atoms with Gasteiger partial charge in [0, 0.05) is 78.5 Å². The first-order valence-corrected chi connectivity index (χ1v) is 9.79. The summed E-state index contributed by atoms with van der Waals surface area (Å²) in [5.41, 5.74) is 11.1. The number of rotatable bonds is 20. The van der Waals surface area contributed by atoms with Gasteiger partial charge in [0.1, 0.15) is 6.42 Å². The van der Waals surface area contributed by atoms with Crippen LogP contribution in [0.2, 0.25) is 0 Å². The highest BCUT2D eigenvalue weighted by Gasteiger charge is 2.11. The molecular weight excluding hydrogens is 380 g/mol. The third-order valence-electron chi connectivity index (χ3n) is 4.02. The average Bonchev–Trinajstić information content (AvgIpc) is 2.68. The van der Waals surface area contributed by atoms with E-state index >= 15 is 0 Å². The zero-order valence-electron chi connectivity index (χ0n) is 17.0. The molecule has 12 nitrogen and oxygen atoms in total. The Morgan fingerprint density at radius 3 is 1.41 bits per heavy atom. The highest BCUT2D eigenvalue weighted by Crippen LogP contribution is 1.88. The van der Waals surface area contributed by atoms with Gasteiger partial charge < -0.3 is 32.7 Å². The van der Waals surface area contributed by atoms with Crippen LogP contribution in [0, 0.1) is 0 Å². The Balaban J connectivity index is 4.05. The lowest BCUT2D eigenvalue weighted by Crippen LogP contribution is -2.42. The SMILES string of the molecule is NCCN(CCN)CCNC(=O)CC(=O)NCCN(CCNC=O)CCNC=O. The number of carbonyl (C=O) groups is 4.